The maximum atomic E-state index is 11.4. The Hall–Kier alpha value is -2.40. The van der Waals surface area contributed by atoms with E-state index in [1.165, 1.54) is 5.56 Å². The minimum Gasteiger partial charge on any atom is -0.496 e. The second-order valence-corrected chi connectivity index (χ2v) is 7.20. The molecule has 1 aliphatic heterocycles. The van der Waals surface area contributed by atoms with Crippen molar-refractivity contribution in [1.29, 1.82) is 0 Å². The molecule has 26 heavy (non-hydrogen) atoms. The molecule has 0 radical (unpaired) electrons. The first-order valence-electron chi connectivity index (χ1n) is 9.08. The Morgan fingerprint density at radius 3 is 2.92 bits per heavy atom. The number of amides is 1. The highest BCUT2D eigenvalue weighted by atomic mass is 16.5. The van der Waals surface area contributed by atoms with E-state index in [-0.39, 0.29) is 5.91 Å². The predicted molar refractivity (Wildman–Crippen MR) is 102 cm³/mol. The van der Waals surface area contributed by atoms with Crippen molar-refractivity contribution < 1.29 is 9.53 Å². The second-order valence-electron chi connectivity index (χ2n) is 7.20. The number of pyridine rings is 1. The summed E-state index contributed by atoms with van der Waals surface area (Å²) >= 11 is 0. The standard InChI is InChI=1S/C21H27N3O2/c1-14-11-23-19(15(2)20(14)26-3)13-24-8-7-17(12-24)9-16-5-4-6-18(10-16)21(22)25/h4-6,10-11,17H,7-9,12-13H2,1-3H3,(H2,22,25). The van der Waals surface area contributed by atoms with Crippen molar-refractivity contribution in [2.24, 2.45) is 11.7 Å². The Balaban J connectivity index is 1.63. The average Bonchev–Trinajstić information content (AvgIpc) is 3.05. The van der Waals surface area contributed by atoms with Crippen LogP contribution in [0, 0.1) is 19.8 Å². The fraction of sp³-hybridized carbons (Fsp3) is 0.429. The maximum absolute atomic E-state index is 11.4. The van der Waals surface area contributed by atoms with E-state index in [1.807, 2.05) is 25.3 Å². The fourth-order valence-electron chi connectivity index (χ4n) is 3.85. The summed E-state index contributed by atoms with van der Waals surface area (Å²) in [6.07, 6.45) is 4.02. The number of benzene rings is 1. The number of ether oxygens (including phenoxy) is 1. The highest BCUT2D eigenvalue weighted by molar-refractivity contribution is 5.92. The molecule has 0 spiro atoms. The lowest BCUT2D eigenvalue weighted by atomic mass is 9.97. The lowest BCUT2D eigenvalue weighted by Crippen LogP contribution is -2.22. The molecule has 1 atom stereocenters. The molecule has 1 fully saturated rings. The van der Waals surface area contributed by atoms with Gasteiger partial charge in [-0.15, -0.1) is 0 Å². The van der Waals surface area contributed by atoms with Crippen LogP contribution < -0.4 is 10.5 Å². The van der Waals surface area contributed by atoms with Gasteiger partial charge >= 0.3 is 0 Å². The van der Waals surface area contributed by atoms with E-state index in [9.17, 15) is 4.79 Å². The number of carbonyl (C=O) groups is 1. The van der Waals surface area contributed by atoms with Gasteiger partial charge in [-0.3, -0.25) is 14.7 Å². The lowest BCUT2D eigenvalue weighted by molar-refractivity contribution is 0.1000. The molecular weight excluding hydrogens is 326 g/mol. The number of hydrogen-bond donors (Lipinski definition) is 1. The van der Waals surface area contributed by atoms with Crippen LogP contribution in [0.5, 0.6) is 5.75 Å². The van der Waals surface area contributed by atoms with Gasteiger partial charge in [-0.1, -0.05) is 12.1 Å². The van der Waals surface area contributed by atoms with E-state index in [0.29, 0.717) is 11.5 Å². The van der Waals surface area contributed by atoms with Gasteiger partial charge in [0.1, 0.15) is 5.75 Å². The van der Waals surface area contributed by atoms with E-state index in [0.717, 1.165) is 55.0 Å². The molecule has 0 bridgehead atoms. The molecule has 1 unspecified atom stereocenters. The van der Waals surface area contributed by atoms with E-state index < -0.39 is 0 Å². The largest absolute Gasteiger partial charge is 0.496 e. The summed E-state index contributed by atoms with van der Waals surface area (Å²) in [5.74, 6) is 1.16. The van der Waals surface area contributed by atoms with Gasteiger partial charge in [-0.05, 0) is 56.8 Å². The highest BCUT2D eigenvalue weighted by Crippen LogP contribution is 2.27. The zero-order valence-electron chi connectivity index (χ0n) is 15.8. The zero-order valence-corrected chi connectivity index (χ0v) is 15.8. The van der Waals surface area contributed by atoms with Crippen LogP contribution in [0.4, 0.5) is 0 Å². The molecular formula is C21H27N3O2. The first-order chi connectivity index (χ1) is 12.5. The molecule has 2 N–H and O–H groups in total. The van der Waals surface area contributed by atoms with Crippen molar-refractivity contribution in [3.8, 4) is 5.75 Å². The first kappa shape index (κ1) is 18.4. The van der Waals surface area contributed by atoms with Crippen LogP contribution in [0.2, 0.25) is 0 Å². The average molecular weight is 353 g/mol. The Kier molecular flexibility index (Phi) is 5.57. The molecule has 138 valence electrons. The number of aryl methyl sites for hydroxylation is 1. The van der Waals surface area contributed by atoms with Crippen molar-refractivity contribution >= 4 is 5.91 Å². The van der Waals surface area contributed by atoms with Crippen LogP contribution in [-0.2, 0) is 13.0 Å². The molecule has 0 aliphatic carbocycles. The van der Waals surface area contributed by atoms with Crippen LogP contribution >= 0.6 is 0 Å². The van der Waals surface area contributed by atoms with Crippen LogP contribution in [0.15, 0.2) is 30.5 Å². The van der Waals surface area contributed by atoms with E-state index in [2.05, 4.69) is 22.9 Å². The summed E-state index contributed by atoms with van der Waals surface area (Å²) in [6, 6.07) is 7.67. The molecule has 5 heteroatoms. The Morgan fingerprint density at radius 2 is 2.19 bits per heavy atom. The van der Waals surface area contributed by atoms with Gasteiger partial charge < -0.3 is 10.5 Å². The smallest absolute Gasteiger partial charge is 0.248 e. The number of rotatable bonds is 6. The topological polar surface area (TPSA) is 68.4 Å². The van der Waals surface area contributed by atoms with E-state index in [4.69, 9.17) is 10.5 Å². The van der Waals surface area contributed by atoms with E-state index in [1.54, 1.807) is 13.2 Å². The number of aromatic nitrogens is 1. The van der Waals surface area contributed by atoms with Crippen molar-refractivity contribution in [3.05, 3.63) is 58.4 Å². The van der Waals surface area contributed by atoms with Gasteiger partial charge in [-0.25, -0.2) is 0 Å². The summed E-state index contributed by atoms with van der Waals surface area (Å²) in [6.45, 7) is 7.06. The number of methoxy groups -OCH3 is 1. The quantitative estimate of drug-likeness (QED) is 0.867. The Morgan fingerprint density at radius 1 is 1.38 bits per heavy atom. The number of nitrogens with two attached hydrogens (primary N) is 1. The second kappa shape index (κ2) is 7.87. The molecule has 1 saturated heterocycles. The van der Waals surface area contributed by atoms with Gasteiger partial charge in [-0.2, -0.15) is 0 Å². The van der Waals surface area contributed by atoms with Crippen molar-refractivity contribution in [3.63, 3.8) is 0 Å². The van der Waals surface area contributed by atoms with Crippen molar-refractivity contribution in [1.82, 2.24) is 9.88 Å². The summed E-state index contributed by atoms with van der Waals surface area (Å²) in [4.78, 5) is 18.4. The molecule has 1 aromatic carbocycles. The van der Waals surface area contributed by atoms with Gasteiger partial charge in [0.25, 0.3) is 0 Å². The highest BCUT2D eigenvalue weighted by Gasteiger charge is 2.24. The number of hydrogen-bond acceptors (Lipinski definition) is 4. The van der Waals surface area contributed by atoms with Crippen LogP contribution in [0.25, 0.3) is 0 Å². The SMILES string of the molecule is COc1c(C)cnc(CN2CCC(Cc3cccc(C(N)=O)c3)C2)c1C. The molecule has 1 amide bonds. The molecule has 0 saturated carbocycles. The number of likely N-dealkylation sites (tertiary alicyclic amines) is 1. The molecule has 5 nitrogen and oxygen atoms in total. The predicted octanol–water partition coefficient (Wildman–Crippen LogP) is 2.87. The lowest BCUT2D eigenvalue weighted by Gasteiger charge is -2.19. The van der Waals surface area contributed by atoms with Crippen molar-refractivity contribution in [2.75, 3.05) is 20.2 Å². The third-order valence-corrected chi connectivity index (χ3v) is 5.23. The molecule has 2 heterocycles. The third kappa shape index (κ3) is 4.05. The Bertz CT molecular complexity index is 804. The zero-order chi connectivity index (χ0) is 18.7. The summed E-state index contributed by atoms with van der Waals surface area (Å²) in [5.41, 5.74) is 10.4. The number of nitrogens with zero attached hydrogens (tertiary/aromatic N) is 2. The molecule has 1 aromatic heterocycles. The first-order valence-corrected chi connectivity index (χ1v) is 9.08. The van der Waals surface area contributed by atoms with Gasteiger partial charge in [0.05, 0.1) is 12.8 Å². The summed E-state index contributed by atoms with van der Waals surface area (Å²) in [5, 5.41) is 0. The van der Waals surface area contributed by atoms with Gasteiger partial charge in [0.15, 0.2) is 0 Å². The number of carbonyl (C=O) groups excluding carboxylic acids is 1. The molecule has 1 aliphatic rings. The molecule has 3 rings (SSSR count). The van der Waals surface area contributed by atoms with Gasteiger partial charge in [0, 0.05) is 36.0 Å². The molecule has 2 aromatic rings. The normalized spacial score (nSPS) is 17.4. The third-order valence-electron chi connectivity index (χ3n) is 5.23. The van der Waals surface area contributed by atoms with Gasteiger partial charge in [0.2, 0.25) is 5.91 Å². The van der Waals surface area contributed by atoms with E-state index >= 15 is 0 Å². The van der Waals surface area contributed by atoms with Crippen LogP contribution in [-0.4, -0.2) is 36.0 Å². The maximum Gasteiger partial charge on any atom is 0.248 e. The minimum absolute atomic E-state index is 0.366. The van der Waals surface area contributed by atoms with Crippen LogP contribution in [0.1, 0.15) is 39.2 Å². The van der Waals surface area contributed by atoms with Crippen molar-refractivity contribution in [2.45, 2.75) is 33.2 Å². The Labute approximate surface area is 155 Å². The monoisotopic (exact) mass is 353 g/mol. The minimum atomic E-state index is -0.366. The number of primary amides is 1. The fourth-order valence-corrected chi connectivity index (χ4v) is 3.85. The summed E-state index contributed by atoms with van der Waals surface area (Å²) < 4.78 is 5.52. The van der Waals surface area contributed by atoms with Crippen LogP contribution in [0.3, 0.4) is 0 Å². The summed E-state index contributed by atoms with van der Waals surface area (Å²) in [7, 11) is 1.71.